The first-order valence-electron chi connectivity index (χ1n) is 10.8. The molecule has 4 rings (SSSR count). The highest BCUT2D eigenvalue weighted by molar-refractivity contribution is 6.30. The third-order valence-electron chi connectivity index (χ3n) is 6.40. The minimum absolute atomic E-state index is 0.0719. The molecule has 0 bridgehead atoms. The van der Waals surface area contributed by atoms with Crippen molar-refractivity contribution >= 4 is 23.4 Å². The van der Waals surface area contributed by atoms with Gasteiger partial charge in [-0.05, 0) is 67.9 Å². The molecular weight excluding hydrogens is 398 g/mol. The van der Waals surface area contributed by atoms with Gasteiger partial charge in [-0.2, -0.15) is 0 Å². The molecule has 2 atom stereocenters. The van der Waals surface area contributed by atoms with Crippen LogP contribution in [-0.2, 0) is 16.0 Å². The fourth-order valence-corrected chi connectivity index (χ4v) is 4.94. The molecule has 2 aliphatic rings. The van der Waals surface area contributed by atoms with Crippen LogP contribution in [0.25, 0.3) is 0 Å². The van der Waals surface area contributed by atoms with Gasteiger partial charge >= 0.3 is 0 Å². The van der Waals surface area contributed by atoms with Gasteiger partial charge in [0.1, 0.15) is 0 Å². The topological polar surface area (TPSA) is 62.3 Å². The maximum Gasteiger partial charge on any atom is 0.223 e. The summed E-state index contributed by atoms with van der Waals surface area (Å²) in [6.07, 6.45) is 9.85. The Morgan fingerprint density at radius 3 is 2.77 bits per heavy atom. The van der Waals surface area contributed by atoms with Crippen LogP contribution in [0.5, 0.6) is 0 Å². The second-order valence-electron chi connectivity index (χ2n) is 8.52. The van der Waals surface area contributed by atoms with Crippen LogP contribution >= 0.6 is 11.6 Å². The van der Waals surface area contributed by atoms with Crippen molar-refractivity contribution in [2.45, 2.75) is 62.9 Å². The summed E-state index contributed by atoms with van der Waals surface area (Å²) in [4.78, 5) is 31.5. The number of piperidine rings is 1. The number of likely N-dealkylation sites (tertiary alicyclic amines) is 1. The van der Waals surface area contributed by atoms with Gasteiger partial charge in [0, 0.05) is 42.3 Å². The zero-order valence-corrected chi connectivity index (χ0v) is 17.9. The first kappa shape index (κ1) is 20.9. The first-order valence-corrected chi connectivity index (χ1v) is 11.2. The number of rotatable bonds is 6. The van der Waals surface area contributed by atoms with Crippen LogP contribution in [0.1, 0.15) is 62.1 Å². The van der Waals surface area contributed by atoms with Gasteiger partial charge in [-0.1, -0.05) is 29.8 Å². The highest BCUT2D eigenvalue weighted by Gasteiger charge is 2.39. The molecule has 5 nitrogen and oxygen atoms in total. The summed E-state index contributed by atoms with van der Waals surface area (Å²) in [7, 11) is 0. The lowest BCUT2D eigenvalue weighted by Gasteiger charge is -2.37. The summed E-state index contributed by atoms with van der Waals surface area (Å²) in [5, 5.41) is 3.88. The molecular formula is C24H28ClN3O2. The van der Waals surface area contributed by atoms with E-state index in [9.17, 15) is 9.59 Å². The fourth-order valence-electron chi connectivity index (χ4n) is 4.81. The zero-order chi connectivity index (χ0) is 21.0. The predicted octanol–water partition coefficient (Wildman–Crippen LogP) is 4.46. The normalized spacial score (nSPS) is 24.0. The fraction of sp³-hybridized carbons (Fsp3) is 0.458. The van der Waals surface area contributed by atoms with E-state index in [1.165, 1.54) is 0 Å². The van der Waals surface area contributed by atoms with Gasteiger partial charge in [0.05, 0.1) is 6.04 Å². The number of pyridine rings is 1. The first-order chi connectivity index (χ1) is 14.5. The van der Waals surface area contributed by atoms with Crippen LogP contribution in [0.4, 0.5) is 0 Å². The minimum Gasteiger partial charge on any atom is -0.350 e. The standard InChI is InChI=1S/C24H28ClN3O2/c25-20-8-6-18(7-9-20)16-24(12-10-22(29)27-24)13-11-23(30)28-15-2-1-5-21(28)19-4-3-14-26-17-19/h3-4,6-9,14,17,21H,1-2,5,10-13,15-16H2,(H,27,29)/t21-,24+/m1/s1. The van der Waals surface area contributed by atoms with Crippen molar-refractivity contribution in [1.29, 1.82) is 0 Å². The third-order valence-corrected chi connectivity index (χ3v) is 6.65. The Morgan fingerprint density at radius 1 is 1.23 bits per heavy atom. The van der Waals surface area contributed by atoms with Crippen LogP contribution in [0.15, 0.2) is 48.8 Å². The van der Waals surface area contributed by atoms with Gasteiger partial charge in [-0.15, -0.1) is 0 Å². The average Bonchev–Trinajstić information content (AvgIpc) is 3.15. The Morgan fingerprint density at radius 2 is 2.07 bits per heavy atom. The summed E-state index contributed by atoms with van der Waals surface area (Å²) < 4.78 is 0. The Kier molecular flexibility index (Phi) is 6.38. The van der Waals surface area contributed by atoms with Crippen LogP contribution in [-0.4, -0.2) is 33.8 Å². The number of amides is 2. The van der Waals surface area contributed by atoms with E-state index in [1.807, 2.05) is 41.4 Å². The van der Waals surface area contributed by atoms with Crippen LogP contribution in [0.3, 0.4) is 0 Å². The van der Waals surface area contributed by atoms with Gasteiger partial charge < -0.3 is 10.2 Å². The van der Waals surface area contributed by atoms with Crippen LogP contribution in [0, 0.1) is 0 Å². The molecule has 2 saturated heterocycles. The maximum absolute atomic E-state index is 13.2. The number of aromatic nitrogens is 1. The van der Waals surface area contributed by atoms with Gasteiger partial charge in [0.2, 0.25) is 11.8 Å². The largest absolute Gasteiger partial charge is 0.350 e. The molecule has 2 amide bonds. The zero-order valence-electron chi connectivity index (χ0n) is 17.1. The molecule has 0 saturated carbocycles. The van der Waals surface area contributed by atoms with E-state index in [4.69, 9.17) is 11.6 Å². The Bertz CT molecular complexity index is 887. The van der Waals surface area contributed by atoms with Crippen molar-refractivity contribution in [2.75, 3.05) is 6.54 Å². The smallest absolute Gasteiger partial charge is 0.223 e. The monoisotopic (exact) mass is 425 g/mol. The molecule has 6 heteroatoms. The maximum atomic E-state index is 13.2. The van der Waals surface area contributed by atoms with E-state index in [-0.39, 0.29) is 23.4 Å². The van der Waals surface area contributed by atoms with Gasteiger partial charge in [-0.3, -0.25) is 14.6 Å². The quantitative estimate of drug-likeness (QED) is 0.743. The van der Waals surface area contributed by atoms with E-state index in [0.29, 0.717) is 24.3 Å². The molecule has 0 aliphatic carbocycles. The summed E-state index contributed by atoms with van der Waals surface area (Å²) >= 11 is 6.01. The molecule has 2 aliphatic heterocycles. The van der Waals surface area contributed by atoms with E-state index in [1.54, 1.807) is 6.20 Å². The third kappa shape index (κ3) is 4.84. The number of hydrogen-bond donors (Lipinski definition) is 1. The number of hydrogen-bond acceptors (Lipinski definition) is 3. The van der Waals surface area contributed by atoms with E-state index < -0.39 is 0 Å². The predicted molar refractivity (Wildman–Crippen MR) is 117 cm³/mol. The van der Waals surface area contributed by atoms with Crippen molar-refractivity contribution in [3.8, 4) is 0 Å². The number of halogens is 1. The van der Waals surface area contributed by atoms with Crippen LogP contribution in [0.2, 0.25) is 5.02 Å². The van der Waals surface area contributed by atoms with E-state index in [0.717, 1.165) is 49.8 Å². The number of nitrogens with zero attached hydrogens (tertiary/aromatic N) is 2. The lowest BCUT2D eigenvalue weighted by atomic mass is 9.84. The molecule has 2 aromatic rings. The van der Waals surface area contributed by atoms with Crippen molar-refractivity contribution in [2.24, 2.45) is 0 Å². The number of benzene rings is 1. The van der Waals surface area contributed by atoms with Crippen molar-refractivity contribution in [1.82, 2.24) is 15.2 Å². The van der Waals surface area contributed by atoms with Crippen molar-refractivity contribution in [3.05, 3.63) is 64.9 Å². The summed E-state index contributed by atoms with van der Waals surface area (Å²) in [6, 6.07) is 11.8. The Hall–Kier alpha value is -2.40. The second-order valence-corrected chi connectivity index (χ2v) is 8.95. The Balaban J connectivity index is 1.45. The summed E-state index contributed by atoms with van der Waals surface area (Å²) in [5.41, 5.74) is 1.87. The molecule has 0 spiro atoms. The SMILES string of the molecule is O=C1CC[C@](CCC(=O)N2CCCC[C@@H]2c2cccnc2)(Cc2ccc(Cl)cc2)N1. The lowest BCUT2D eigenvalue weighted by Crippen LogP contribution is -2.45. The van der Waals surface area contributed by atoms with Crippen molar-refractivity contribution < 1.29 is 9.59 Å². The molecule has 1 aromatic carbocycles. The van der Waals surface area contributed by atoms with Gasteiger partial charge in [0.25, 0.3) is 0 Å². The number of nitrogens with one attached hydrogen (secondary N) is 1. The molecule has 1 aromatic heterocycles. The van der Waals surface area contributed by atoms with E-state index in [2.05, 4.69) is 16.4 Å². The second kappa shape index (κ2) is 9.17. The summed E-state index contributed by atoms with van der Waals surface area (Å²) in [6.45, 7) is 0.787. The number of carbonyl (C=O) groups is 2. The average molecular weight is 426 g/mol. The molecule has 158 valence electrons. The van der Waals surface area contributed by atoms with Gasteiger partial charge in [0.15, 0.2) is 0 Å². The Labute approximate surface area is 182 Å². The molecule has 0 unspecified atom stereocenters. The molecule has 1 N–H and O–H groups in total. The lowest BCUT2D eigenvalue weighted by molar-refractivity contribution is -0.135. The van der Waals surface area contributed by atoms with Crippen molar-refractivity contribution in [3.63, 3.8) is 0 Å². The molecule has 3 heterocycles. The van der Waals surface area contributed by atoms with E-state index >= 15 is 0 Å². The highest BCUT2D eigenvalue weighted by atomic mass is 35.5. The molecule has 2 fully saturated rings. The summed E-state index contributed by atoms with van der Waals surface area (Å²) in [5.74, 6) is 0.239. The highest BCUT2D eigenvalue weighted by Crippen LogP contribution is 2.34. The molecule has 30 heavy (non-hydrogen) atoms. The number of carbonyl (C=O) groups excluding carboxylic acids is 2. The minimum atomic E-state index is -0.361. The molecule has 0 radical (unpaired) electrons. The van der Waals surface area contributed by atoms with Gasteiger partial charge in [-0.25, -0.2) is 0 Å². The van der Waals surface area contributed by atoms with Crippen LogP contribution < -0.4 is 5.32 Å².